The number of aromatic amines is 2. The van der Waals surface area contributed by atoms with Gasteiger partial charge in [-0.3, -0.25) is 0 Å². The highest BCUT2D eigenvalue weighted by atomic mass is 79.9. The van der Waals surface area contributed by atoms with E-state index in [0.29, 0.717) is 5.92 Å². The Kier molecular flexibility index (Phi) is 3.92. The van der Waals surface area contributed by atoms with E-state index in [1.54, 1.807) is 0 Å². The van der Waals surface area contributed by atoms with Crippen molar-refractivity contribution in [1.29, 1.82) is 0 Å². The number of fused-ring (bicyclic) bond motifs is 1. The molecule has 0 amide bonds. The van der Waals surface area contributed by atoms with Crippen LogP contribution in [0.2, 0.25) is 0 Å². The number of imidazole rings is 1. The SMILES string of the molecule is CC(C)CCC(O)c1cc2[nH]c(=O)[nH]c2cc1Br. The van der Waals surface area contributed by atoms with Gasteiger partial charge < -0.3 is 15.1 Å². The van der Waals surface area contributed by atoms with Crippen molar-refractivity contribution in [1.82, 2.24) is 9.97 Å². The smallest absolute Gasteiger partial charge is 0.323 e. The molecule has 0 radical (unpaired) electrons. The van der Waals surface area contributed by atoms with Gasteiger partial charge in [0.25, 0.3) is 0 Å². The van der Waals surface area contributed by atoms with Gasteiger partial charge in [0.05, 0.1) is 17.1 Å². The lowest BCUT2D eigenvalue weighted by molar-refractivity contribution is 0.158. The number of H-pyrrole nitrogens is 2. The Morgan fingerprint density at radius 1 is 1.22 bits per heavy atom. The third-order valence-electron chi connectivity index (χ3n) is 3.01. The number of aliphatic hydroxyl groups excluding tert-OH is 1. The second-order valence-corrected chi connectivity index (χ2v) is 5.84. The summed E-state index contributed by atoms with van der Waals surface area (Å²) in [7, 11) is 0. The van der Waals surface area contributed by atoms with Crippen molar-refractivity contribution >= 4 is 27.0 Å². The Hall–Kier alpha value is -1.07. The van der Waals surface area contributed by atoms with Gasteiger partial charge in [-0.15, -0.1) is 0 Å². The van der Waals surface area contributed by atoms with Crippen molar-refractivity contribution in [3.63, 3.8) is 0 Å². The van der Waals surface area contributed by atoms with Crippen LogP contribution < -0.4 is 5.69 Å². The van der Waals surface area contributed by atoms with Gasteiger partial charge in [-0.2, -0.15) is 0 Å². The fourth-order valence-electron chi connectivity index (χ4n) is 1.97. The number of hydrogen-bond acceptors (Lipinski definition) is 2. The Bertz CT molecular complexity index is 601. The lowest BCUT2D eigenvalue weighted by Gasteiger charge is -2.14. The van der Waals surface area contributed by atoms with E-state index in [4.69, 9.17) is 0 Å². The molecule has 1 aromatic carbocycles. The highest BCUT2D eigenvalue weighted by molar-refractivity contribution is 9.10. The summed E-state index contributed by atoms with van der Waals surface area (Å²) in [6.07, 6.45) is 1.18. The average molecular weight is 313 g/mol. The van der Waals surface area contributed by atoms with Gasteiger partial charge in [0, 0.05) is 4.47 Å². The van der Waals surface area contributed by atoms with E-state index in [2.05, 4.69) is 39.7 Å². The van der Waals surface area contributed by atoms with Crippen molar-refractivity contribution in [2.24, 2.45) is 5.92 Å². The zero-order valence-electron chi connectivity index (χ0n) is 10.5. The van der Waals surface area contributed by atoms with E-state index in [9.17, 15) is 9.90 Å². The van der Waals surface area contributed by atoms with Crippen LogP contribution in [0.4, 0.5) is 0 Å². The monoisotopic (exact) mass is 312 g/mol. The van der Waals surface area contributed by atoms with Crippen LogP contribution in [0.25, 0.3) is 11.0 Å². The van der Waals surface area contributed by atoms with E-state index >= 15 is 0 Å². The molecule has 1 atom stereocenters. The van der Waals surface area contributed by atoms with Crippen molar-refractivity contribution in [3.8, 4) is 0 Å². The molecule has 0 saturated heterocycles. The van der Waals surface area contributed by atoms with Gasteiger partial charge >= 0.3 is 5.69 Å². The standard InChI is InChI=1S/C13H17BrN2O2/c1-7(2)3-4-12(17)8-5-10-11(6-9(8)14)16-13(18)15-10/h5-7,12,17H,3-4H2,1-2H3,(H2,15,16,18). The number of aromatic nitrogens is 2. The fraction of sp³-hybridized carbons (Fsp3) is 0.462. The zero-order valence-corrected chi connectivity index (χ0v) is 12.0. The molecule has 0 spiro atoms. The molecule has 1 heterocycles. The van der Waals surface area contributed by atoms with E-state index < -0.39 is 6.10 Å². The van der Waals surface area contributed by atoms with Gasteiger partial charge in [-0.25, -0.2) is 4.79 Å². The van der Waals surface area contributed by atoms with Crippen LogP contribution in [-0.4, -0.2) is 15.1 Å². The summed E-state index contributed by atoms with van der Waals surface area (Å²) in [6, 6.07) is 3.64. The number of rotatable bonds is 4. The van der Waals surface area contributed by atoms with Gasteiger partial charge in [0.1, 0.15) is 0 Å². The minimum Gasteiger partial charge on any atom is -0.388 e. The molecule has 18 heavy (non-hydrogen) atoms. The first kappa shape index (κ1) is 13.4. The van der Waals surface area contributed by atoms with Crippen LogP contribution in [0.15, 0.2) is 21.4 Å². The lowest BCUT2D eigenvalue weighted by Crippen LogP contribution is -2.01. The van der Waals surface area contributed by atoms with E-state index in [1.807, 2.05) is 12.1 Å². The Labute approximate surface area is 114 Å². The maximum Gasteiger partial charge on any atom is 0.323 e. The van der Waals surface area contributed by atoms with Crippen LogP contribution in [0.5, 0.6) is 0 Å². The van der Waals surface area contributed by atoms with Crippen LogP contribution in [0, 0.1) is 5.92 Å². The number of nitrogens with one attached hydrogen (secondary N) is 2. The molecule has 1 unspecified atom stereocenters. The quantitative estimate of drug-likeness (QED) is 0.812. The predicted molar refractivity (Wildman–Crippen MR) is 75.7 cm³/mol. The van der Waals surface area contributed by atoms with Crippen LogP contribution in [-0.2, 0) is 0 Å². The average Bonchev–Trinajstić information content (AvgIpc) is 2.64. The molecular weight excluding hydrogens is 296 g/mol. The molecule has 0 saturated carbocycles. The third kappa shape index (κ3) is 2.84. The highest BCUT2D eigenvalue weighted by Crippen LogP contribution is 2.30. The summed E-state index contributed by atoms with van der Waals surface area (Å²) in [4.78, 5) is 16.6. The number of aliphatic hydroxyl groups is 1. The number of hydrogen-bond donors (Lipinski definition) is 3. The minimum atomic E-state index is -0.510. The maximum absolute atomic E-state index is 11.2. The Morgan fingerprint density at radius 2 is 1.83 bits per heavy atom. The molecule has 2 rings (SSSR count). The first-order valence-electron chi connectivity index (χ1n) is 6.07. The molecule has 0 bridgehead atoms. The summed E-state index contributed by atoms with van der Waals surface area (Å²) in [5.74, 6) is 0.564. The van der Waals surface area contributed by atoms with E-state index in [0.717, 1.165) is 33.9 Å². The maximum atomic E-state index is 11.2. The van der Waals surface area contributed by atoms with E-state index in [-0.39, 0.29) is 5.69 Å². The van der Waals surface area contributed by atoms with Gasteiger partial charge in [0.2, 0.25) is 0 Å². The van der Waals surface area contributed by atoms with Crippen LogP contribution >= 0.6 is 15.9 Å². The van der Waals surface area contributed by atoms with Gasteiger partial charge in [0.15, 0.2) is 0 Å². The Morgan fingerprint density at radius 3 is 2.44 bits per heavy atom. The fourth-order valence-corrected chi connectivity index (χ4v) is 2.58. The molecular formula is C13H17BrN2O2. The van der Waals surface area contributed by atoms with Crippen molar-refractivity contribution in [3.05, 3.63) is 32.7 Å². The molecule has 1 aromatic heterocycles. The van der Waals surface area contributed by atoms with Crippen LogP contribution in [0.3, 0.4) is 0 Å². The zero-order chi connectivity index (χ0) is 13.3. The third-order valence-corrected chi connectivity index (χ3v) is 3.70. The summed E-state index contributed by atoms with van der Waals surface area (Å²) in [5, 5.41) is 10.2. The van der Waals surface area contributed by atoms with Crippen molar-refractivity contribution in [2.75, 3.05) is 0 Å². The first-order chi connectivity index (χ1) is 8.47. The molecule has 2 aromatic rings. The summed E-state index contributed by atoms with van der Waals surface area (Å²) in [5.41, 5.74) is 2.05. The molecule has 0 aliphatic rings. The molecule has 0 fully saturated rings. The normalized spacial score (nSPS) is 13.4. The molecule has 0 aliphatic carbocycles. The first-order valence-corrected chi connectivity index (χ1v) is 6.86. The second-order valence-electron chi connectivity index (χ2n) is 4.99. The van der Waals surface area contributed by atoms with Gasteiger partial charge in [-0.1, -0.05) is 29.8 Å². The largest absolute Gasteiger partial charge is 0.388 e. The van der Waals surface area contributed by atoms with Gasteiger partial charge in [-0.05, 0) is 36.5 Å². The summed E-state index contributed by atoms with van der Waals surface area (Å²) < 4.78 is 0.821. The van der Waals surface area contributed by atoms with Crippen molar-refractivity contribution < 1.29 is 5.11 Å². The Balaban J connectivity index is 2.31. The van der Waals surface area contributed by atoms with E-state index in [1.165, 1.54) is 0 Å². The predicted octanol–water partition coefficient (Wildman–Crippen LogP) is 3.09. The van der Waals surface area contributed by atoms with Crippen LogP contribution in [0.1, 0.15) is 38.4 Å². The lowest BCUT2D eigenvalue weighted by atomic mass is 9.99. The molecule has 5 heteroatoms. The molecule has 4 nitrogen and oxygen atoms in total. The van der Waals surface area contributed by atoms with Crippen molar-refractivity contribution in [2.45, 2.75) is 32.8 Å². The minimum absolute atomic E-state index is 0.231. The summed E-state index contributed by atoms with van der Waals surface area (Å²) in [6.45, 7) is 4.27. The number of halogens is 1. The summed E-state index contributed by atoms with van der Waals surface area (Å²) >= 11 is 3.44. The highest BCUT2D eigenvalue weighted by Gasteiger charge is 2.14. The topological polar surface area (TPSA) is 68.9 Å². The second kappa shape index (κ2) is 5.28. The molecule has 3 N–H and O–H groups in total. The molecule has 98 valence electrons. The molecule has 0 aliphatic heterocycles. The number of benzene rings is 1.